The number of amides is 1. The molecule has 1 saturated heterocycles. The molecule has 0 spiro atoms. The van der Waals surface area contributed by atoms with Crippen LogP contribution in [0.2, 0.25) is 10.2 Å². The van der Waals surface area contributed by atoms with Crippen molar-refractivity contribution in [2.24, 2.45) is 5.92 Å². The maximum Gasteiger partial charge on any atom is 0.231 e. The van der Waals surface area contributed by atoms with Crippen LogP contribution in [0.4, 0.5) is 5.82 Å². The summed E-state index contributed by atoms with van der Waals surface area (Å²) < 4.78 is 0. The van der Waals surface area contributed by atoms with Crippen LogP contribution in [0.1, 0.15) is 12.0 Å². The van der Waals surface area contributed by atoms with E-state index in [0.29, 0.717) is 34.7 Å². The van der Waals surface area contributed by atoms with Gasteiger partial charge in [-0.05, 0) is 36.6 Å². The fourth-order valence-corrected chi connectivity index (χ4v) is 3.57. The van der Waals surface area contributed by atoms with Gasteiger partial charge in [-0.1, -0.05) is 29.3 Å². The van der Waals surface area contributed by atoms with Crippen molar-refractivity contribution < 1.29 is 4.79 Å². The van der Waals surface area contributed by atoms with E-state index in [1.807, 2.05) is 18.2 Å². The lowest BCUT2D eigenvalue weighted by molar-refractivity contribution is -0.120. The van der Waals surface area contributed by atoms with Crippen LogP contribution in [0, 0.1) is 5.92 Å². The van der Waals surface area contributed by atoms with E-state index in [1.54, 1.807) is 29.6 Å². The number of nitrogens with one attached hydrogen (secondary N) is 1. The lowest BCUT2D eigenvalue weighted by atomic mass is 9.99. The smallest absolute Gasteiger partial charge is 0.231 e. The molecule has 0 unspecified atom stereocenters. The van der Waals surface area contributed by atoms with E-state index >= 15 is 0 Å². The Balaban J connectivity index is 1.53. The molecule has 26 heavy (non-hydrogen) atoms. The van der Waals surface area contributed by atoms with Gasteiger partial charge in [-0.2, -0.15) is 5.10 Å². The van der Waals surface area contributed by atoms with Crippen LogP contribution >= 0.6 is 23.2 Å². The Morgan fingerprint density at radius 2 is 2.00 bits per heavy atom. The quantitative estimate of drug-likeness (QED) is 0.691. The number of pyridine rings is 2. The number of H-pyrrole nitrogens is 1. The third-order valence-electron chi connectivity index (χ3n) is 4.50. The maximum atomic E-state index is 12.8. The van der Waals surface area contributed by atoms with Crippen LogP contribution in [0.5, 0.6) is 0 Å². The Bertz CT molecular complexity index is 927. The molecule has 1 aliphatic rings. The summed E-state index contributed by atoms with van der Waals surface area (Å²) in [4.78, 5) is 22.6. The number of aromatic amines is 1. The molecule has 6 nitrogen and oxygen atoms in total. The number of nitrogens with zero attached hydrogens (tertiary/aromatic N) is 4. The highest BCUT2D eigenvalue weighted by Gasteiger charge is 2.35. The number of carbonyl (C=O) groups excluding carboxylic acids is 1. The van der Waals surface area contributed by atoms with Gasteiger partial charge in [-0.3, -0.25) is 19.8 Å². The summed E-state index contributed by atoms with van der Waals surface area (Å²) in [5.41, 5.74) is 2.54. The second-order valence-corrected chi connectivity index (χ2v) is 6.91. The zero-order valence-electron chi connectivity index (χ0n) is 13.7. The zero-order valence-corrected chi connectivity index (χ0v) is 15.2. The molecule has 3 aromatic heterocycles. The first-order valence-corrected chi connectivity index (χ1v) is 8.95. The minimum Gasteiger partial charge on any atom is -0.294 e. The number of anilines is 1. The van der Waals surface area contributed by atoms with Crippen LogP contribution in [0.3, 0.4) is 0 Å². The molecule has 132 valence electrons. The van der Waals surface area contributed by atoms with Crippen molar-refractivity contribution in [3.05, 3.63) is 58.6 Å². The molecule has 1 N–H and O–H groups in total. The maximum absolute atomic E-state index is 12.8. The monoisotopic (exact) mass is 387 g/mol. The molecule has 4 rings (SSSR count). The molecule has 0 radical (unpaired) electrons. The van der Waals surface area contributed by atoms with E-state index in [2.05, 4.69) is 20.2 Å². The van der Waals surface area contributed by atoms with Crippen molar-refractivity contribution in [2.75, 3.05) is 11.4 Å². The van der Waals surface area contributed by atoms with E-state index in [-0.39, 0.29) is 11.8 Å². The summed E-state index contributed by atoms with van der Waals surface area (Å²) in [7, 11) is 0. The van der Waals surface area contributed by atoms with Crippen LogP contribution in [0.15, 0.2) is 42.9 Å². The predicted molar refractivity (Wildman–Crippen MR) is 100 cm³/mol. The molecule has 1 amide bonds. The van der Waals surface area contributed by atoms with Gasteiger partial charge in [0, 0.05) is 36.6 Å². The molecule has 4 heterocycles. The van der Waals surface area contributed by atoms with Crippen molar-refractivity contribution in [1.82, 2.24) is 20.2 Å². The summed E-state index contributed by atoms with van der Waals surface area (Å²) in [6.45, 7) is 0.588. The molecule has 1 fully saturated rings. The summed E-state index contributed by atoms with van der Waals surface area (Å²) in [6, 6.07) is 7.31. The second-order valence-electron chi connectivity index (χ2n) is 6.14. The van der Waals surface area contributed by atoms with Crippen molar-refractivity contribution in [2.45, 2.75) is 12.8 Å². The van der Waals surface area contributed by atoms with Gasteiger partial charge >= 0.3 is 0 Å². The van der Waals surface area contributed by atoms with E-state index in [9.17, 15) is 4.79 Å². The molecule has 1 atom stereocenters. The second kappa shape index (κ2) is 7.05. The fourth-order valence-electron chi connectivity index (χ4n) is 3.16. The first-order valence-electron chi connectivity index (χ1n) is 8.19. The highest BCUT2D eigenvalue weighted by atomic mass is 35.5. The molecule has 1 aliphatic heterocycles. The summed E-state index contributed by atoms with van der Waals surface area (Å²) in [5, 5.41) is 8.09. The molecule has 0 saturated carbocycles. The van der Waals surface area contributed by atoms with Gasteiger partial charge in [0.1, 0.15) is 10.2 Å². The van der Waals surface area contributed by atoms with E-state index < -0.39 is 0 Å². The number of hydrogen-bond donors (Lipinski definition) is 1. The molecule has 3 aromatic rings. The van der Waals surface area contributed by atoms with E-state index in [1.165, 1.54) is 0 Å². The molecular weight excluding hydrogens is 373 g/mol. The largest absolute Gasteiger partial charge is 0.294 e. The van der Waals surface area contributed by atoms with Crippen LogP contribution in [-0.4, -0.2) is 32.6 Å². The third kappa shape index (κ3) is 3.18. The minimum atomic E-state index is -0.116. The average Bonchev–Trinajstić information content (AvgIpc) is 3.21. The molecule has 0 bridgehead atoms. The SMILES string of the molecule is O=C1[C@@H](Cc2ccc(Cl)nc2)CCN1c1n[nH]c(-c2ccncc2)c1Cl. The number of aromatic nitrogens is 4. The molecule has 0 aliphatic carbocycles. The molecule has 8 heteroatoms. The lowest BCUT2D eigenvalue weighted by Crippen LogP contribution is -2.28. The fraction of sp³-hybridized carbons (Fsp3) is 0.222. The van der Waals surface area contributed by atoms with Crippen LogP contribution < -0.4 is 4.90 Å². The van der Waals surface area contributed by atoms with Gasteiger partial charge in [0.2, 0.25) is 5.91 Å². The van der Waals surface area contributed by atoms with Crippen molar-refractivity contribution >= 4 is 34.9 Å². The first-order chi connectivity index (χ1) is 12.6. The number of hydrogen-bond acceptors (Lipinski definition) is 4. The number of halogens is 2. The highest BCUT2D eigenvalue weighted by molar-refractivity contribution is 6.36. The van der Waals surface area contributed by atoms with Gasteiger partial charge in [-0.25, -0.2) is 4.98 Å². The Labute approximate surface area is 160 Å². The summed E-state index contributed by atoms with van der Waals surface area (Å²) in [6.07, 6.45) is 6.45. The number of carbonyl (C=O) groups is 1. The van der Waals surface area contributed by atoms with Crippen LogP contribution in [-0.2, 0) is 11.2 Å². The Morgan fingerprint density at radius 3 is 2.73 bits per heavy atom. The third-order valence-corrected chi connectivity index (χ3v) is 5.08. The summed E-state index contributed by atoms with van der Waals surface area (Å²) >= 11 is 12.3. The lowest BCUT2D eigenvalue weighted by Gasteiger charge is -2.14. The first kappa shape index (κ1) is 17.0. The molecule has 0 aromatic carbocycles. The molecular formula is C18H15Cl2N5O. The van der Waals surface area contributed by atoms with Crippen molar-refractivity contribution in [1.29, 1.82) is 0 Å². The average molecular weight is 388 g/mol. The minimum absolute atomic E-state index is 0.0228. The van der Waals surface area contributed by atoms with Gasteiger partial charge in [0.05, 0.1) is 5.69 Å². The Kier molecular flexibility index (Phi) is 4.61. The Morgan fingerprint density at radius 1 is 1.19 bits per heavy atom. The van der Waals surface area contributed by atoms with Gasteiger partial charge in [-0.15, -0.1) is 0 Å². The number of rotatable bonds is 4. The zero-order chi connectivity index (χ0) is 18.1. The standard InChI is InChI=1S/C18H15Cl2N5O/c19-14-2-1-11(10-22-14)9-13-5-8-25(18(13)26)17-15(20)16(23-24-17)12-3-6-21-7-4-12/h1-4,6-7,10,13H,5,8-9H2,(H,23,24)/t13-/m1/s1. The normalized spacial score (nSPS) is 17.1. The highest BCUT2D eigenvalue weighted by Crippen LogP contribution is 2.36. The van der Waals surface area contributed by atoms with Crippen molar-refractivity contribution in [3.8, 4) is 11.3 Å². The Hall–Kier alpha value is -2.44. The topological polar surface area (TPSA) is 74.8 Å². The van der Waals surface area contributed by atoms with E-state index in [0.717, 1.165) is 17.5 Å². The van der Waals surface area contributed by atoms with Crippen molar-refractivity contribution in [3.63, 3.8) is 0 Å². The van der Waals surface area contributed by atoms with Crippen LogP contribution in [0.25, 0.3) is 11.3 Å². The van der Waals surface area contributed by atoms with Gasteiger partial charge in [0.15, 0.2) is 5.82 Å². The van der Waals surface area contributed by atoms with Gasteiger partial charge < -0.3 is 0 Å². The predicted octanol–water partition coefficient (Wildman–Crippen LogP) is 3.77. The van der Waals surface area contributed by atoms with Gasteiger partial charge in [0.25, 0.3) is 0 Å². The summed E-state index contributed by atoms with van der Waals surface area (Å²) in [5.74, 6) is 0.380. The van der Waals surface area contributed by atoms with E-state index in [4.69, 9.17) is 23.2 Å².